The summed E-state index contributed by atoms with van der Waals surface area (Å²) in [5.74, 6) is -5.08. The molecule has 0 fully saturated rings. The molecule has 0 bridgehead atoms. The fraction of sp³-hybridized carbons (Fsp3) is 0.300. The van der Waals surface area contributed by atoms with Crippen LogP contribution in [-0.4, -0.2) is 11.7 Å². The first-order chi connectivity index (χ1) is 7.12. The van der Waals surface area contributed by atoms with E-state index in [4.69, 9.17) is 0 Å². The molecule has 0 aromatic heterocycles. The van der Waals surface area contributed by atoms with Gasteiger partial charge in [-0.2, -0.15) is 22.0 Å². The van der Waals surface area contributed by atoms with Crippen LogP contribution in [0.5, 0.6) is 0 Å². The van der Waals surface area contributed by atoms with Crippen LogP contribution in [-0.2, 0) is 6.18 Å². The normalized spacial score (nSPS) is 12.6. The Morgan fingerprint density at radius 1 is 1.00 bits per heavy atom. The molecule has 88 valence electrons. The molecule has 0 saturated heterocycles. The second-order valence-corrected chi connectivity index (χ2v) is 3.29. The van der Waals surface area contributed by atoms with Gasteiger partial charge in [-0.1, -0.05) is 12.1 Å². The summed E-state index contributed by atoms with van der Waals surface area (Å²) in [6.07, 6.45) is -4.55. The number of benzene rings is 1. The molecular formula is C10H7F5O. The first-order valence-electron chi connectivity index (χ1n) is 4.22. The molecule has 1 rings (SSSR count). The quantitative estimate of drug-likeness (QED) is 0.568. The van der Waals surface area contributed by atoms with Gasteiger partial charge in [0.15, 0.2) is 0 Å². The van der Waals surface area contributed by atoms with Crippen molar-refractivity contribution in [1.82, 2.24) is 0 Å². The summed E-state index contributed by atoms with van der Waals surface area (Å²) in [7, 11) is 0. The summed E-state index contributed by atoms with van der Waals surface area (Å²) in [6.45, 7) is 0.396. The predicted octanol–water partition coefficient (Wildman–Crippen LogP) is 3.54. The highest BCUT2D eigenvalue weighted by Crippen LogP contribution is 2.29. The van der Waals surface area contributed by atoms with Crippen LogP contribution >= 0.6 is 0 Å². The van der Waals surface area contributed by atoms with E-state index in [2.05, 4.69) is 0 Å². The maximum atomic E-state index is 12.6. The van der Waals surface area contributed by atoms with Crippen molar-refractivity contribution in [2.45, 2.75) is 19.0 Å². The van der Waals surface area contributed by atoms with E-state index < -0.39 is 29.0 Å². The van der Waals surface area contributed by atoms with Crippen LogP contribution in [0.2, 0.25) is 0 Å². The molecule has 0 aliphatic heterocycles. The highest BCUT2D eigenvalue weighted by molar-refractivity contribution is 6.01. The Balaban J connectivity index is 3.01. The summed E-state index contributed by atoms with van der Waals surface area (Å²) in [5, 5.41) is 0. The summed E-state index contributed by atoms with van der Waals surface area (Å²) < 4.78 is 61.5. The lowest BCUT2D eigenvalue weighted by molar-refractivity contribution is -0.137. The predicted molar refractivity (Wildman–Crippen MR) is 46.4 cm³/mol. The van der Waals surface area contributed by atoms with E-state index in [0.717, 1.165) is 12.1 Å². The Kier molecular flexibility index (Phi) is 3.03. The lowest BCUT2D eigenvalue weighted by atomic mass is 10.0. The van der Waals surface area contributed by atoms with Crippen molar-refractivity contribution in [3.63, 3.8) is 0 Å². The van der Waals surface area contributed by atoms with Gasteiger partial charge in [0.05, 0.1) is 5.56 Å². The first kappa shape index (κ1) is 12.6. The zero-order valence-corrected chi connectivity index (χ0v) is 8.11. The highest BCUT2D eigenvalue weighted by atomic mass is 19.4. The van der Waals surface area contributed by atoms with Gasteiger partial charge in [0.2, 0.25) is 5.78 Å². The smallest absolute Gasteiger partial charge is 0.287 e. The Hall–Kier alpha value is -1.46. The van der Waals surface area contributed by atoms with Crippen LogP contribution in [0, 0.1) is 0 Å². The number of alkyl halides is 5. The highest BCUT2D eigenvalue weighted by Gasteiger charge is 2.34. The Morgan fingerprint density at radius 3 is 1.75 bits per heavy atom. The molecule has 0 heterocycles. The van der Waals surface area contributed by atoms with Gasteiger partial charge in [-0.15, -0.1) is 0 Å². The largest absolute Gasteiger partial charge is 0.416 e. The molecule has 0 saturated carbocycles. The van der Waals surface area contributed by atoms with Crippen molar-refractivity contribution in [3.8, 4) is 0 Å². The number of hydrogen-bond acceptors (Lipinski definition) is 1. The molecule has 0 aliphatic carbocycles. The van der Waals surface area contributed by atoms with E-state index in [9.17, 15) is 26.7 Å². The van der Waals surface area contributed by atoms with Crippen molar-refractivity contribution in [3.05, 3.63) is 35.4 Å². The van der Waals surface area contributed by atoms with Gasteiger partial charge in [0.1, 0.15) is 0 Å². The van der Waals surface area contributed by atoms with Crippen molar-refractivity contribution >= 4 is 5.78 Å². The lowest BCUT2D eigenvalue weighted by Gasteiger charge is -2.10. The van der Waals surface area contributed by atoms with Gasteiger partial charge in [0, 0.05) is 12.5 Å². The van der Waals surface area contributed by atoms with Gasteiger partial charge < -0.3 is 0 Å². The molecule has 0 amide bonds. The van der Waals surface area contributed by atoms with Crippen molar-refractivity contribution in [1.29, 1.82) is 0 Å². The molecule has 0 spiro atoms. The summed E-state index contributed by atoms with van der Waals surface area (Å²) in [4.78, 5) is 11.0. The van der Waals surface area contributed by atoms with Crippen LogP contribution in [0.15, 0.2) is 24.3 Å². The average molecular weight is 238 g/mol. The summed E-state index contributed by atoms with van der Waals surface area (Å²) in [6, 6.07) is 2.67. The zero-order chi connectivity index (χ0) is 12.6. The van der Waals surface area contributed by atoms with Crippen molar-refractivity contribution in [2.24, 2.45) is 0 Å². The minimum absolute atomic E-state index is 0.396. The molecule has 1 aromatic rings. The van der Waals surface area contributed by atoms with E-state index in [-0.39, 0.29) is 0 Å². The fourth-order valence-corrected chi connectivity index (χ4v) is 1.06. The molecule has 16 heavy (non-hydrogen) atoms. The Morgan fingerprint density at radius 2 is 1.44 bits per heavy atom. The molecule has 0 unspecified atom stereocenters. The van der Waals surface area contributed by atoms with Gasteiger partial charge in [-0.3, -0.25) is 4.79 Å². The second-order valence-electron chi connectivity index (χ2n) is 3.29. The van der Waals surface area contributed by atoms with Gasteiger partial charge >= 0.3 is 12.1 Å². The van der Waals surface area contributed by atoms with Crippen LogP contribution in [0.1, 0.15) is 22.8 Å². The maximum Gasteiger partial charge on any atom is 0.416 e. The lowest BCUT2D eigenvalue weighted by Crippen LogP contribution is -2.24. The third-order valence-electron chi connectivity index (χ3n) is 1.87. The molecule has 6 heteroatoms. The zero-order valence-electron chi connectivity index (χ0n) is 8.11. The Bertz CT molecular complexity index is 385. The SMILES string of the molecule is CC(F)(F)C(=O)c1ccc(C(F)(F)F)cc1. The van der Waals surface area contributed by atoms with E-state index >= 15 is 0 Å². The minimum atomic E-state index is -4.55. The number of carbonyl (C=O) groups is 1. The number of hydrogen-bond donors (Lipinski definition) is 0. The monoisotopic (exact) mass is 238 g/mol. The molecule has 0 N–H and O–H groups in total. The van der Waals surface area contributed by atoms with Crippen molar-refractivity contribution in [2.75, 3.05) is 0 Å². The molecule has 0 radical (unpaired) electrons. The van der Waals surface area contributed by atoms with Gasteiger partial charge in [0.25, 0.3) is 0 Å². The molecular weight excluding hydrogens is 231 g/mol. The van der Waals surface area contributed by atoms with Crippen LogP contribution in [0.3, 0.4) is 0 Å². The number of Topliss-reactive ketones (excluding diaryl/α,β-unsaturated/α-hetero) is 1. The summed E-state index contributed by atoms with van der Waals surface area (Å²) in [5.41, 5.74) is -1.43. The number of rotatable bonds is 2. The topological polar surface area (TPSA) is 17.1 Å². The molecule has 1 aromatic carbocycles. The van der Waals surface area contributed by atoms with Crippen molar-refractivity contribution < 1.29 is 26.7 Å². The third kappa shape index (κ3) is 2.77. The molecule has 0 aliphatic rings. The molecule has 0 atom stereocenters. The first-order valence-corrected chi connectivity index (χ1v) is 4.22. The number of carbonyl (C=O) groups excluding carboxylic acids is 1. The maximum absolute atomic E-state index is 12.6. The van der Waals surface area contributed by atoms with Crippen LogP contribution < -0.4 is 0 Å². The van der Waals surface area contributed by atoms with E-state index in [1.54, 1.807) is 0 Å². The molecule has 1 nitrogen and oxygen atoms in total. The number of halogens is 5. The summed E-state index contributed by atoms with van der Waals surface area (Å²) >= 11 is 0. The van der Waals surface area contributed by atoms with Gasteiger partial charge in [-0.25, -0.2) is 0 Å². The minimum Gasteiger partial charge on any atom is -0.287 e. The van der Waals surface area contributed by atoms with E-state index in [0.29, 0.717) is 19.1 Å². The fourth-order valence-electron chi connectivity index (χ4n) is 1.06. The average Bonchev–Trinajstić information content (AvgIpc) is 2.14. The van der Waals surface area contributed by atoms with Gasteiger partial charge in [-0.05, 0) is 12.1 Å². The standard InChI is InChI=1S/C10H7F5O/c1-9(11,12)8(16)6-2-4-7(5-3-6)10(13,14)15/h2-5H,1H3. The van der Waals surface area contributed by atoms with E-state index in [1.807, 2.05) is 0 Å². The van der Waals surface area contributed by atoms with E-state index in [1.165, 1.54) is 0 Å². The Labute approximate surface area is 87.9 Å². The van der Waals surface area contributed by atoms with Crippen LogP contribution in [0.25, 0.3) is 0 Å². The van der Waals surface area contributed by atoms with Crippen LogP contribution in [0.4, 0.5) is 22.0 Å². The third-order valence-corrected chi connectivity index (χ3v) is 1.87. The number of ketones is 1. The second kappa shape index (κ2) is 3.84.